The molecule has 0 saturated carbocycles. The molecule has 2 aromatic rings. The topological polar surface area (TPSA) is 25.8 Å². The highest BCUT2D eigenvalue weighted by molar-refractivity contribution is 7.10. The van der Waals surface area contributed by atoms with E-state index in [1.807, 2.05) is 35.7 Å². The Morgan fingerprint density at radius 3 is 2.77 bits per heavy atom. The van der Waals surface area contributed by atoms with Gasteiger partial charge in [0.15, 0.2) is 0 Å². The molecule has 2 nitrogen and oxygen atoms in total. The van der Waals surface area contributed by atoms with E-state index in [9.17, 15) is 0 Å². The van der Waals surface area contributed by atoms with E-state index in [0.717, 1.165) is 10.7 Å². The number of hydrogen-bond acceptors (Lipinski definition) is 3. The van der Waals surface area contributed by atoms with Gasteiger partial charge >= 0.3 is 0 Å². The second kappa shape index (κ2) is 3.96. The molecule has 0 aliphatic carbocycles. The van der Waals surface area contributed by atoms with Crippen LogP contribution in [0.2, 0.25) is 0 Å². The lowest BCUT2D eigenvalue weighted by Gasteiger charge is -1.88. The molecule has 2 rings (SSSR count). The van der Waals surface area contributed by atoms with Crippen molar-refractivity contribution in [3.8, 4) is 0 Å². The van der Waals surface area contributed by atoms with Crippen LogP contribution in [0.1, 0.15) is 10.7 Å². The summed E-state index contributed by atoms with van der Waals surface area (Å²) in [4.78, 5) is 8.30. The Labute approximate surface area is 80.6 Å². The summed E-state index contributed by atoms with van der Waals surface area (Å²) in [6, 6.07) is 5.83. The van der Waals surface area contributed by atoms with E-state index in [1.165, 1.54) is 0 Å². The Morgan fingerprint density at radius 1 is 1.08 bits per heavy atom. The number of aromatic nitrogens is 2. The Kier molecular flexibility index (Phi) is 2.48. The fourth-order valence-corrected chi connectivity index (χ4v) is 1.48. The molecule has 0 unspecified atom stereocenters. The molecule has 2 heterocycles. The summed E-state index contributed by atoms with van der Waals surface area (Å²) in [5.41, 5.74) is 0.956. The van der Waals surface area contributed by atoms with Gasteiger partial charge in [0.2, 0.25) is 0 Å². The van der Waals surface area contributed by atoms with Gasteiger partial charge in [0.05, 0.1) is 5.69 Å². The number of nitrogens with zero attached hydrogens (tertiary/aromatic N) is 2. The average molecular weight is 188 g/mol. The second-order valence-corrected chi connectivity index (χ2v) is 3.38. The van der Waals surface area contributed by atoms with E-state index >= 15 is 0 Å². The first-order valence-electron chi connectivity index (χ1n) is 3.94. The van der Waals surface area contributed by atoms with Gasteiger partial charge in [-0.05, 0) is 24.3 Å². The zero-order valence-electron chi connectivity index (χ0n) is 6.92. The van der Waals surface area contributed by atoms with Crippen LogP contribution in [-0.4, -0.2) is 9.97 Å². The predicted octanol–water partition coefficient (Wildman–Crippen LogP) is 2.71. The lowest BCUT2D eigenvalue weighted by molar-refractivity contribution is 1.30. The van der Waals surface area contributed by atoms with Crippen molar-refractivity contribution in [3.63, 3.8) is 0 Å². The molecule has 64 valence electrons. The lowest BCUT2D eigenvalue weighted by Crippen LogP contribution is -1.75. The standard InChI is InChI=1S/C10H8N2S/c1-2-6-11-9(3-1)4-5-10-12-7-8-13-10/h1-8H. The lowest BCUT2D eigenvalue weighted by atomic mass is 10.3. The Bertz CT molecular complexity index is 379. The van der Waals surface area contributed by atoms with Gasteiger partial charge < -0.3 is 0 Å². The molecule has 0 aromatic carbocycles. The van der Waals surface area contributed by atoms with Crippen LogP contribution in [0.5, 0.6) is 0 Å². The molecule has 0 fully saturated rings. The Hall–Kier alpha value is -1.48. The first kappa shape index (κ1) is 8.13. The third-order valence-electron chi connectivity index (χ3n) is 1.54. The molecule has 0 spiro atoms. The molecule has 0 aliphatic heterocycles. The first-order chi connectivity index (χ1) is 6.45. The minimum Gasteiger partial charge on any atom is -0.257 e. The molecule has 13 heavy (non-hydrogen) atoms. The molecule has 0 N–H and O–H groups in total. The summed E-state index contributed by atoms with van der Waals surface area (Å²) in [5, 5.41) is 2.96. The monoisotopic (exact) mass is 188 g/mol. The number of thiazole rings is 1. The molecule has 0 aliphatic rings. The van der Waals surface area contributed by atoms with Gasteiger partial charge in [0.25, 0.3) is 0 Å². The first-order valence-corrected chi connectivity index (χ1v) is 4.82. The fourth-order valence-electron chi connectivity index (χ4n) is 0.948. The summed E-state index contributed by atoms with van der Waals surface area (Å²) in [7, 11) is 0. The van der Waals surface area contributed by atoms with E-state index < -0.39 is 0 Å². The van der Waals surface area contributed by atoms with Crippen LogP contribution in [0, 0.1) is 0 Å². The highest BCUT2D eigenvalue weighted by Gasteiger charge is 1.88. The Morgan fingerprint density at radius 2 is 2.08 bits per heavy atom. The number of hydrogen-bond donors (Lipinski definition) is 0. The zero-order chi connectivity index (χ0) is 8.93. The minimum atomic E-state index is 0.956. The molecule has 0 saturated heterocycles. The minimum absolute atomic E-state index is 0.956. The van der Waals surface area contributed by atoms with Crippen molar-refractivity contribution in [2.45, 2.75) is 0 Å². The maximum absolute atomic E-state index is 4.17. The summed E-state index contributed by atoms with van der Waals surface area (Å²) >= 11 is 1.62. The van der Waals surface area contributed by atoms with Crippen LogP contribution in [0.25, 0.3) is 12.2 Å². The van der Waals surface area contributed by atoms with Crippen molar-refractivity contribution in [2.75, 3.05) is 0 Å². The van der Waals surface area contributed by atoms with E-state index in [1.54, 1.807) is 23.7 Å². The van der Waals surface area contributed by atoms with Gasteiger partial charge in [-0.25, -0.2) is 4.98 Å². The van der Waals surface area contributed by atoms with Gasteiger partial charge in [0.1, 0.15) is 5.01 Å². The second-order valence-electron chi connectivity index (χ2n) is 2.46. The quantitative estimate of drug-likeness (QED) is 0.724. The van der Waals surface area contributed by atoms with Gasteiger partial charge in [-0.15, -0.1) is 11.3 Å². The largest absolute Gasteiger partial charge is 0.257 e. The van der Waals surface area contributed by atoms with Gasteiger partial charge in [-0.3, -0.25) is 4.98 Å². The maximum Gasteiger partial charge on any atom is 0.116 e. The number of rotatable bonds is 2. The Balaban J connectivity index is 2.15. The van der Waals surface area contributed by atoms with E-state index in [-0.39, 0.29) is 0 Å². The zero-order valence-corrected chi connectivity index (χ0v) is 7.74. The third kappa shape index (κ3) is 2.23. The highest BCUT2D eigenvalue weighted by Crippen LogP contribution is 2.08. The maximum atomic E-state index is 4.17. The van der Waals surface area contributed by atoms with Crippen LogP contribution in [0.4, 0.5) is 0 Å². The fraction of sp³-hybridized carbons (Fsp3) is 0. The van der Waals surface area contributed by atoms with Crippen molar-refractivity contribution in [1.29, 1.82) is 0 Å². The predicted molar refractivity (Wildman–Crippen MR) is 55.3 cm³/mol. The van der Waals surface area contributed by atoms with Crippen molar-refractivity contribution < 1.29 is 0 Å². The summed E-state index contributed by atoms with van der Waals surface area (Å²) in [6.07, 6.45) is 7.50. The third-order valence-corrected chi connectivity index (χ3v) is 2.28. The SMILES string of the molecule is C(=Cc1nccs1)c1ccccn1. The molecular formula is C10H8N2S. The van der Waals surface area contributed by atoms with Crippen molar-refractivity contribution in [2.24, 2.45) is 0 Å². The van der Waals surface area contributed by atoms with Crippen molar-refractivity contribution in [3.05, 3.63) is 46.7 Å². The number of pyridine rings is 1. The molecular weight excluding hydrogens is 180 g/mol. The van der Waals surface area contributed by atoms with E-state index in [0.29, 0.717) is 0 Å². The molecule has 0 radical (unpaired) electrons. The van der Waals surface area contributed by atoms with Crippen LogP contribution in [0.15, 0.2) is 36.0 Å². The average Bonchev–Trinajstić information content (AvgIpc) is 2.69. The summed E-state index contributed by atoms with van der Waals surface area (Å²) < 4.78 is 0. The summed E-state index contributed by atoms with van der Waals surface area (Å²) in [6.45, 7) is 0. The molecule has 0 bridgehead atoms. The molecule has 3 heteroatoms. The smallest absolute Gasteiger partial charge is 0.116 e. The normalized spacial score (nSPS) is 10.8. The van der Waals surface area contributed by atoms with Crippen LogP contribution < -0.4 is 0 Å². The molecule has 2 aromatic heterocycles. The van der Waals surface area contributed by atoms with Gasteiger partial charge in [-0.2, -0.15) is 0 Å². The summed E-state index contributed by atoms with van der Waals surface area (Å²) in [5.74, 6) is 0. The molecule has 0 atom stereocenters. The molecule has 0 amide bonds. The highest BCUT2D eigenvalue weighted by atomic mass is 32.1. The van der Waals surface area contributed by atoms with Crippen LogP contribution in [0.3, 0.4) is 0 Å². The van der Waals surface area contributed by atoms with Gasteiger partial charge in [0, 0.05) is 17.8 Å². The van der Waals surface area contributed by atoms with Crippen LogP contribution in [-0.2, 0) is 0 Å². The van der Waals surface area contributed by atoms with Crippen molar-refractivity contribution in [1.82, 2.24) is 9.97 Å². The van der Waals surface area contributed by atoms with E-state index in [2.05, 4.69) is 9.97 Å². The van der Waals surface area contributed by atoms with Crippen LogP contribution >= 0.6 is 11.3 Å². The van der Waals surface area contributed by atoms with Gasteiger partial charge in [-0.1, -0.05) is 6.07 Å². The van der Waals surface area contributed by atoms with Crippen molar-refractivity contribution >= 4 is 23.5 Å². The van der Waals surface area contributed by atoms with E-state index in [4.69, 9.17) is 0 Å².